The predicted molar refractivity (Wildman–Crippen MR) is 75.0 cm³/mol. The summed E-state index contributed by atoms with van der Waals surface area (Å²) in [5, 5.41) is 3.70. The van der Waals surface area contributed by atoms with Gasteiger partial charge in [-0.15, -0.1) is 0 Å². The SMILES string of the molecule is O=C(CNc1ccc(Br)c(Cl)c1)N1CCOCC1. The van der Waals surface area contributed by atoms with Crippen LogP contribution in [-0.4, -0.2) is 43.7 Å². The minimum Gasteiger partial charge on any atom is -0.378 e. The molecule has 2 rings (SSSR count). The number of morpholine rings is 1. The van der Waals surface area contributed by atoms with E-state index >= 15 is 0 Å². The highest BCUT2D eigenvalue weighted by Gasteiger charge is 2.16. The van der Waals surface area contributed by atoms with Crippen LogP contribution >= 0.6 is 27.5 Å². The Bertz CT molecular complexity index is 436. The van der Waals surface area contributed by atoms with Gasteiger partial charge in [0, 0.05) is 23.2 Å². The number of nitrogens with one attached hydrogen (secondary N) is 1. The van der Waals surface area contributed by atoms with Crippen molar-refractivity contribution in [2.75, 3.05) is 38.2 Å². The van der Waals surface area contributed by atoms with Gasteiger partial charge in [-0.1, -0.05) is 11.6 Å². The average molecular weight is 334 g/mol. The van der Waals surface area contributed by atoms with E-state index < -0.39 is 0 Å². The molecule has 1 N–H and O–H groups in total. The van der Waals surface area contributed by atoms with E-state index in [2.05, 4.69) is 21.2 Å². The van der Waals surface area contributed by atoms with Crippen molar-refractivity contribution >= 4 is 39.1 Å². The number of benzene rings is 1. The van der Waals surface area contributed by atoms with E-state index in [1.54, 1.807) is 11.0 Å². The molecule has 0 aromatic heterocycles. The van der Waals surface area contributed by atoms with Crippen LogP contribution in [0.15, 0.2) is 22.7 Å². The van der Waals surface area contributed by atoms with Crippen LogP contribution in [0.3, 0.4) is 0 Å². The second kappa shape index (κ2) is 6.41. The van der Waals surface area contributed by atoms with Crippen LogP contribution in [0.5, 0.6) is 0 Å². The van der Waals surface area contributed by atoms with Crippen LogP contribution in [0, 0.1) is 0 Å². The number of ether oxygens (including phenoxy) is 1. The van der Waals surface area contributed by atoms with Crippen molar-refractivity contribution in [2.24, 2.45) is 0 Å². The molecule has 6 heteroatoms. The molecule has 0 radical (unpaired) electrons. The highest BCUT2D eigenvalue weighted by molar-refractivity contribution is 9.10. The minimum absolute atomic E-state index is 0.0809. The molecular weight excluding hydrogens is 320 g/mol. The van der Waals surface area contributed by atoms with E-state index in [0.717, 1.165) is 10.2 Å². The Morgan fingerprint density at radius 1 is 1.44 bits per heavy atom. The quantitative estimate of drug-likeness (QED) is 0.923. The third-order valence-corrected chi connectivity index (χ3v) is 3.96. The Balaban J connectivity index is 1.86. The van der Waals surface area contributed by atoms with Gasteiger partial charge in [-0.3, -0.25) is 4.79 Å². The lowest BCUT2D eigenvalue weighted by Crippen LogP contribution is -2.43. The van der Waals surface area contributed by atoms with E-state index in [9.17, 15) is 4.79 Å². The third-order valence-electron chi connectivity index (χ3n) is 2.73. The molecule has 1 fully saturated rings. The molecule has 1 saturated heterocycles. The maximum Gasteiger partial charge on any atom is 0.242 e. The summed E-state index contributed by atoms with van der Waals surface area (Å²) in [4.78, 5) is 13.7. The molecule has 4 nitrogen and oxygen atoms in total. The molecule has 1 heterocycles. The van der Waals surface area contributed by atoms with Crippen LogP contribution in [0.2, 0.25) is 5.02 Å². The predicted octanol–water partition coefficient (Wildman–Crippen LogP) is 2.37. The van der Waals surface area contributed by atoms with Crippen molar-refractivity contribution in [3.8, 4) is 0 Å². The summed E-state index contributed by atoms with van der Waals surface area (Å²) in [6.07, 6.45) is 0. The van der Waals surface area contributed by atoms with Crippen LogP contribution in [0.4, 0.5) is 5.69 Å². The Labute approximate surface area is 119 Å². The van der Waals surface area contributed by atoms with Gasteiger partial charge in [0.2, 0.25) is 5.91 Å². The lowest BCUT2D eigenvalue weighted by atomic mass is 10.3. The number of rotatable bonds is 3. The number of amides is 1. The molecule has 0 aliphatic carbocycles. The molecule has 1 aromatic carbocycles. The maximum absolute atomic E-state index is 11.9. The first-order valence-corrected chi connectivity index (χ1v) is 6.88. The maximum atomic E-state index is 11.9. The fourth-order valence-corrected chi connectivity index (χ4v) is 2.14. The average Bonchev–Trinajstić information content (AvgIpc) is 2.41. The van der Waals surface area contributed by atoms with Gasteiger partial charge in [0.15, 0.2) is 0 Å². The zero-order valence-corrected chi connectivity index (χ0v) is 12.1. The molecule has 0 unspecified atom stereocenters. The third kappa shape index (κ3) is 3.60. The summed E-state index contributed by atoms with van der Waals surface area (Å²) in [6.45, 7) is 2.85. The number of carbonyl (C=O) groups is 1. The number of halogens is 2. The minimum atomic E-state index is 0.0809. The molecule has 0 atom stereocenters. The first-order valence-electron chi connectivity index (χ1n) is 5.71. The van der Waals surface area contributed by atoms with Crippen LogP contribution in [-0.2, 0) is 9.53 Å². The Kier molecular flexibility index (Phi) is 4.86. The normalized spacial score (nSPS) is 15.6. The highest BCUT2D eigenvalue weighted by Crippen LogP contribution is 2.25. The second-order valence-electron chi connectivity index (χ2n) is 3.98. The van der Waals surface area contributed by atoms with E-state index in [0.29, 0.717) is 31.3 Å². The molecule has 98 valence electrons. The van der Waals surface area contributed by atoms with Crippen molar-refractivity contribution in [2.45, 2.75) is 0 Å². The first kappa shape index (κ1) is 13.6. The zero-order valence-electron chi connectivity index (χ0n) is 9.79. The van der Waals surface area contributed by atoms with Gasteiger partial charge in [-0.05, 0) is 34.1 Å². The fourth-order valence-electron chi connectivity index (χ4n) is 1.71. The van der Waals surface area contributed by atoms with Crippen LogP contribution in [0.1, 0.15) is 0 Å². The van der Waals surface area contributed by atoms with E-state index in [1.165, 1.54) is 0 Å². The van der Waals surface area contributed by atoms with Gasteiger partial charge in [0.25, 0.3) is 0 Å². The van der Waals surface area contributed by atoms with Gasteiger partial charge in [-0.2, -0.15) is 0 Å². The number of hydrogen-bond acceptors (Lipinski definition) is 3. The lowest BCUT2D eigenvalue weighted by molar-refractivity contribution is -0.133. The van der Waals surface area contributed by atoms with E-state index in [4.69, 9.17) is 16.3 Å². The Morgan fingerprint density at radius 3 is 2.83 bits per heavy atom. The number of hydrogen-bond donors (Lipinski definition) is 1. The molecule has 1 aromatic rings. The van der Waals surface area contributed by atoms with Crippen LogP contribution < -0.4 is 5.32 Å². The van der Waals surface area contributed by atoms with E-state index in [-0.39, 0.29) is 12.5 Å². The Morgan fingerprint density at radius 2 is 2.17 bits per heavy atom. The molecular formula is C12H14BrClN2O2. The molecule has 0 bridgehead atoms. The second-order valence-corrected chi connectivity index (χ2v) is 5.24. The van der Waals surface area contributed by atoms with Gasteiger partial charge >= 0.3 is 0 Å². The summed E-state index contributed by atoms with van der Waals surface area (Å²) in [5.41, 5.74) is 0.838. The van der Waals surface area contributed by atoms with Crippen molar-refractivity contribution in [1.29, 1.82) is 0 Å². The fraction of sp³-hybridized carbons (Fsp3) is 0.417. The van der Waals surface area contributed by atoms with Gasteiger partial charge < -0.3 is 15.0 Å². The number of anilines is 1. The summed E-state index contributed by atoms with van der Waals surface area (Å²) >= 11 is 9.30. The van der Waals surface area contributed by atoms with Crippen molar-refractivity contribution in [1.82, 2.24) is 4.90 Å². The molecule has 1 aliphatic rings. The smallest absolute Gasteiger partial charge is 0.242 e. The van der Waals surface area contributed by atoms with Crippen molar-refractivity contribution in [3.63, 3.8) is 0 Å². The highest BCUT2D eigenvalue weighted by atomic mass is 79.9. The zero-order chi connectivity index (χ0) is 13.0. The molecule has 1 amide bonds. The molecule has 0 spiro atoms. The molecule has 18 heavy (non-hydrogen) atoms. The van der Waals surface area contributed by atoms with E-state index in [1.807, 2.05) is 12.1 Å². The van der Waals surface area contributed by atoms with Crippen molar-refractivity contribution < 1.29 is 9.53 Å². The first-order chi connectivity index (χ1) is 8.66. The summed E-state index contributed by atoms with van der Waals surface area (Å²) in [7, 11) is 0. The monoisotopic (exact) mass is 332 g/mol. The number of carbonyl (C=O) groups excluding carboxylic acids is 1. The molecule has 0 saturated carbocycles. The summed E-state index contributed by atoms with van der Waals surface area (Å²) in [5.74, 6) is 0.0809. The van der Waals surface area contributed by atoms with Crippen molar-refractivity contribution in [3.05, 3.63) is 27.7 Å². The van der Waals surface area contributed by atoms with Gasteiger partial charge in [0.1, 0.15) is 0 Å². The number of nitrogens with zero attached hydrogens (tertiary/aromatic N) is 1. The topological polar surface area (TPSA) is 41.6 Å². The summed E-state index contributed by atoms with van der Waals surface area (Å²) in [6, 6.07) is 5.52. The van der Waals surface area contributed by atoms with Crippen LogP contribution in [0.25, 0.3) is 0 Å². The lowest BCUT2D eigenvalue weighted by Gasteiger charge is -2.27. The van der Waals surface area contributed by atoms with Gasteiger partial charge in [-0.25, -0.2) is 0 Å². The standard InChI is InChI=1S/C12H14BrClN2O2/c13-10-2-1-9(7-11(10)14)15-8-12(17)16-3-5-18-6-4-16/h1-2,7,15H,3-6,8H2. The molecule has 1 aliphatic heterocycles. The van der Waals surface area contributed by atoms with Gasteiger partial charge in [0.05, 0.1) is 24.8 Å². The largest absolute Gasteiger partial charge is 0.378 e. The Hall–Kier alpha value is -0.780. The summed E-state index contributed by atoms with van der Waals surface area (Å²) < 4.78 is 6.05.